The number of thiocarbonyl (C=S) groups is 1. The smallest absolute Gasteiger partial charge is 0.267 e. The van der Waals surface area contributed by atoms with E-state index >= 15 is 0 Å². The number of aromatic nitrogens is 2. The van der Waals surface area contributed by atoms with E-state index in [0.717, 1.165) is 12.0 Å². The predicted octanol–water partition coefficient (Wildman–Crippen LogP) is 3.96. The molecule has 1 aliphatic rings. The maximum absolute atomic E-state index is 13.2. The summed E-state index contributed by atoms with van der Waals surface area (Å²) in [6, 6.07) is 15.4. The molecule has 0 saturated carbocycles. The van der Waals surface area contributed by atoms with Crippen LogP contribution in [0.3, 0.4) is 0 Å². The first-order chi connectivity index (χ1) is 15.1. The average molecular weight is 451 g/mol. The van der Waals surface area contributed by atoms with Crippen molar-refractivity contribution in [3.05, 3.63) is 81.1 Å². The summed E-state index contributed by atoms with van der Waals surface area (Å²) < 4.78 is 1.99. The summed E-state index contributed by atoms with van der Waals surface area (Å²) in [6.45, 7) is 3.22. The number of thioether (sulfide) groups is 1. The number of amides is 1. The zero-order valence-corrected chi connectivity index (χ0v) is 18.7. The zero-order chi connectivity index (χ0) is 21.8. The van der Waals surface area contributed by atoms with Crippen molar-refractivity contribution < 1.29 is 4.79 Å². The number of anilines is 1. The molecule has 158 valence electrons. The van der Waals surface area contributed by atoms with Gasteiger partial charge in [-0.1, -0.05) is 67.3 Å². The normalized spacial score (nSPS) is 15.3. The Labute approximate surface area is 190 Å². The third-order valence-corrected chi connectivity index (χ3v) is 6.31. The van der Waals surface area contributed by atoms with Crippen LogP contribution in [0.1, 0.15) is 24.5 Å². The third-order valence-electron chi connectivity index (χ3n) is 4.93. The van der Waals surface area contributed by atoms with Gasteiger partial charge in [0.1, 0.15) is 15.8 Å². The quantitative estimate of drug-likeness (QED) is 0.434. The number of rotatable bonds is 7. The van der Waals surface area contributed by atoms with Crippen LogP contribution in [0.4, 0.5) is 5.82 Å². The number of fused-ring (bicyclic) bond motifs is 1. The fourth-order valence-electron chi connectivity index (χ4n) is 3.32. The highest BCUT2D eigenvalue weighted by atomic mass is 32.2. The van der Waals surface area contributed by atoms with Gasteiger partial charge in [-0.3, -0.25) is 18.9 Å². The fourth-order valence-corrected chi connectivity index (χ4v) is 4.61. The van der Waals surface area contributed by atoms with Gasteiger partial charge < -0.3 is 5.32 Å². The van der Waals surface area contributed by atoms with E-state index in [1.54, 1.807) is 29.3 Å². The Bertz CT molecular complexity index is 1220. The number of carbonyl (C=O) groups is 1. The Balaban J connectivity index is 1.66. The Morgan fingerprint density at radius 2 is 1.90 bits per heavy atom. The molecule has 8 heteroatoms. The van der Waals surface area contributed by atoms with Crippen LogP contribution in [0.15, 0.2) is 64.4 Å². The number of nitrogens with zero attached hydrogens (tertiary/aromatic N) is 3. The number of nitrogens with one attached hydrogen (secondary N) is 1. The van der Waals surface area contributed by atoms with Gasteiger partial charge in [-0.25, -0.2) is 4.98 Å². The molecule has 1 aromatic carbocycles. The number of pyridine rings is 1. The van der Waals surface area contributed by atoms with Gasteiger partial charge in [0.05, 0.1) is 10.5 Å². The summed E-state index contributed by atoms with van der Waals surface area (Å²) in [4.78, 5) is 32.8. The number of hydrogen-bond donors (Lipinski definition) is 1. The molecule has 1 aliphatic heterocycles. The van der Waals surface area contributed by atoms with Crippen LogP contribution >= 0.6 is 24.0 Å². The topological polar surface area (TPSA) is 66.7 Å². The van der Waals surface area contributed by atoms with E-state index < -0.39 is 0 Å². The van der Waals surface area contributed by atoms with E-state index in [1.807, 2.05) is 43.3 Å². The first-order valence-electron chi connectivity index (χ1n) is 10.1. The van der Waals surface area contributed by atoms with Gasteiger partial charge in [0.2, 0.25) is 0 Å². The first-order valence-corrected chi connectivity index (χ1v) is 11.4. The van der Waals surface area contributed by atoms with Gasteiger partial charge in [-0.15, -0.1) is 0 Å². The van der Waals surface area contributed by atoms with Crippen LogP contribution in [0.25, 0.3) is 11.7 Å². The second-order valence-corrected chi connectivity index (χ2v) is 8.78. The van der Waals surface area contributed by atoms with E-state index in [-0.39, 0.29) is 11.5 Å². The lowest BCUT2D eigenvalue weighted by Crippen LogP contribution is -2.30. The minimum Gasteiger partial charge on any atom is -0.369 e. The molecule has 1 fully saturated rings. The molecule has 3 aromatic rings. The van der Waals surface area contributed by atoms with Crippen molar-refractivity contribution in [1.29, 1.82) is 0 Å². The van der Waals surface area contributed by atoms with Crippen molar-refractivity contribution in [2.24, 2.45) is 0 Å². The van der Waals surface area contributed by atoms with Gasteiger partial charge >= 0.3 is 0 Å². The Kier molecular flexibility index (Phi) is 6.48. The van der Waals surface area contributed by atoms with Gasteiger partial charge in [0, 0.05) is 19.3 Å². The molecule has 3 heterocycles. The molecule has 4 rings (SSSR count). The molecule has 2 aromatic heterocycles. The Morgan fingerprint density at radius 3 is 2.68 bits per heavy atom. The van der Waals surface area contributed by atoms with Crippen LogP contribution in [-0.2, 0) is 11.2 Å². The van der Waals surface area contributed by atoms with Crippen LogP contribution < -0.4 is 10.9 Å². The van der Waals surface area contributed by atoms with Crippen molar-refractivity contribution in [1.82, 2.24) is 14.3 Å². The highest BCUT2D eigenvalue weighted by Gasteiger charge is 2.32. The summed E-state index contributed by atoms with van der Waals surface area (Å²) in [5.74, 6) is 0.303. The van der Waals surface area contributed by atoms with E-state index in [9.17, 15) is 9.59 Å². The molecule has 0 unspecified atom stereocenters. The summed E-state index contributed by atoms with van der Waals surface area (Å²) in [5.41, 5.74) is 1.83. The van der Waals surface area contributed by atoms with Gasteiger partial charge in [-0.05, 0) is 36.6 Å². The molecule has 6 nitrogen and oxygen atoms in total. The SMILES string of the molecule is CCCNc1nc2ccccn2c(=O)c1/C=C1/SC(=S)N(CCc2ccccc2)C1=O. The second kappa shape index (κ2) is 9.45. The van der Waals surface area contributed by atoms with Crippen molar-refractivity contribution >= 4 is 51.7 Å². The zero-order valence-electron chi connectivity index (χ0n) is 17.1. The molecule has 0 bridgehead atoms. The summed E-state index contributed by atoms with van der Waals surface area (Å²) in [7, 11) is 0. The summed E-state index contributed by atoms with van der Waals surface area (Å²) >= 11 is 6.68. The summed E-state index contributed by atoms with van der Waals surface area (Å²) in [5, 5.41) is 3.22. The minimum atomic E-state index is -0.223. The first kappa shape index (κ1) is 21.3. The van der Waals surface area contributed by atoms with Crippen LogP contribution in [0.5, 0.6) is 0 Å². The minimum absolute atomic E-state index is 0.176. The monoisotopic (exact) mass is 450 g/mol. The second-order valence-electron chi connectivity index (χ2n) is 7.10. The van der Waals surface area contributed by atoms with E-state index in [4.69, 9.17) is 12.2 Å². The average Bonchev–Trinajstić information content (AvgIpc) is 3.06. The molecule has 1 amide bonds. The van der Waals surface area contributed by atoms with Crippen molar-refractivity contribution in [2.75, 3.05) is 18.4 Å². The molecule has 0 spiro atoms. The molecule has 1 N–H and O–H groups in total. The lowest BCUT2D eigenvalue weighted by atomic mass is 10.1. The van der Waals surface area contributed by atoms with E-state index in [1.165, 1.54) is 16.2 Å². The maximum Gasteiger partial charge on any atom is 0.267 e. The van der Waals surface area contributed by atoms with Gasteiger partial charge in [0.15, 0.2) is 0 Å². The number of benzene rings is 1. The Hall–Kier alpha value is -2.97. The molecule has 0 atom stereocenters. The van der Waals surface area contributed by atoms with Gasteiger partial charge in [0.25, 0.3) is 11.5 Å². The van der Waals surface area contributed by atoms with E-state index in [2.05, 4.69) is 10.3 Å². The predicted molar refractivity (Wildman–Crippen MR) is 130 cm³/mol. The molecular formula is C23H22N4O2S2. The number of carbonyl (C=O) groups excluding carboxylic acids is 1. The highest BCUT2D eigenvalue weighted by Crippen LogP contribution is 2.33. The van der Waals surface area contributed by atoms with Crippen molar-refractivity contribution in [3.63, 3.8) is 0 Å². The standard InChI is InChI=1S/C23H22N4O2S2/c1-2-12-24-20-17(21(28)26-13-7-6-10-19(26)25-20)15-18-22(29)27(23(30)31-18)14-11-16-8-4-3-5-9-16/h3-10,13,15,24H,2,11-12,14H2,1H3/b18-15+. The van der Waals surface area contributed by atoms with Crippen molar-refractivity contribution in [2.45, 2.75) is 19.8 Å². The molecular weight excluding hydrogens is 428 g/mol. The van der Waals surface area contributed by atoms with Crippen LogP contribution in [-0.4, -0.2) is 37.6 Å². The molecule has 1 saturated heterocycles. The lowest BCUT2D eigenvalue weighted by Gasteiger charge is -2.14. The number of hydrogen-bond acceptors (Lipinski definition) is 6. The van der Waals surface area contributed by atoms with Crippen LogP contribution in [0.2, 0.25) is 0 Å². The largest absolute Gasteiger partial charge is 0.369 e. The summed E-state index contributed by atoms with van der Waals surface area (Å²) in [6.07, 6.45) is 4.90. The maximum atomic E-state index is 13.2. The van der Waals surface area contributed by atoms with Crippen molar-refractivity contribution in [3.8, 4) is 0 Å². The molecule has 0 radical (unpaired) electrons. The van der Waals surface area contributed by atoms with Crippen LogP contribution in [0, 0.1) is 0 Å². The van der Waals surface area contributed by atoms with Gasteiger partial charge in [-0.2, -0.15) is 0 Å². The molecule has 0 aliphatic carbocycles. The third kappa shape index (κ3) is 4.55. The Morgan fingerprint density at radius 1 is 1.13 bits per heavy atom. The van der Waals surface area contributed by atoms with E-state index in [0.29, 0.717) is 45.8 Å². The highest BCUT2D eigenvalue weighted by molar-refractivity contribution is 8.26. The lowest BCUT2D eigenvalue weighted by molar-refractivity contribution is -0.122. The molecule has 31 heavy (non-hydrogen) atoms. The fraction of sp³-hybridized carbons (Fsp3) is 0.217.